The summed E-state index contributed by atoms with van der Waals surface area (Å²) in [5.74, 6) is 0.0243. The fraction of sp³-hybridized carbons (Fsp3) is 0.833. The lowest BCUT2D eigenvalue weighted by molar-refractivity contribution is -0.129. The second-order valence-corrected chi connectivity index (χ2v) is 2.23. The van der Waals surface area contributed by atoms with Crippen LogP contribution in [-0.4, -0.2) is 17.0 Å². The second-order valence-electron chi connectivity index (χ2n) is 2.23. The van der Waals surface area contributed by atoms with Crippen LogP contribution < -0.4 is 0 Å². The zero-order chi connectivity index (χ0) is 5.98. The van der Waals surface area contributed by atoms with E-state index in [1.165, 1.54) is 0 Å². The first-order valence-electron chi connectivity index (χ1n) is 3.01. The second kappa shape index (κ2) is 3.85. The normalized spacial score (nSPS) is 27.2. The first kappa shape index (κ1) is 8.92. The van der Waals surface area contributed by atoms with E-state index in [0.717, 1.165) is 12.8 Å². The lowest BCUT2D eigenvalue weighted by Gasteiger charge is -2.13. The summed E-state index contributed by atoms with van der Waals surface area (Å²) in [7, 11) is 0. The topological polar surface area (TPSA) is 37.3 Å². The van der Waals surface area contributed by atoms with Gasteiger partial charge in [0.05, 0.1) is 0 Å². The maximum absolute atomic E-state index is 10.5. The highest BCUT2D eigenvalue weighted by atomic mass is 35.5. The van der Waals surface area contributed by atoms with Gasteiger partial charge in [-0.15, -0.1) is 12.4 Å². The fourth-order valence-corrected chi connectivity index (χ4v) is 0.965. The molecule has 2 nitrogen and oxygen atoms in total. The molecule has 1 N–H and O–H groups in total. The zero-order valence-corrected chi connectivity index (χ0v) is 5.99. The van der Waals surface area contributed by atoms with Crippen LogP contribution in [0.25, 0.3) is 0 Å². The average molecular weight is 151 g/mol. The van der Waals surface area contributed by atoms with Gasteiger partial charge in [-0.25, -0.2) is 0 Å². The number of carbonyl (C=O) groups excluding carboxylic acids is 1. The first-order chi connectivity index (χ1) is 3.80. The van der Waals surface area contributed by atoms with Crippen LogP contribution in [-0.2, 0) is 4.79 Å². The molecule has 0 aromatic carbocycles. The Morgan fingerprint density at radius 3 is 2.44 bits per heavy atom. The lowest BCUT2D eigenvalue weighted by Crippen LogP contribution is -2.23. The molecular weight excluding hydrogens is 140 g/mol. The van der Waals surface area contributed by atoms with Crippen molar-refractivity contribution < 1.29 is 9.90 Å². The van der Waals surface area contributed by atoms with Crippen LogP contribution in [0.15, 0.2) is 0 Å². The van der Waals surface area contributed by atoms with Gasteiger partial charge < -0.3 is 5.11 Å². The molecular formula is C6H11ClO2. The third-order valence-electron chi connectivity index (χ3n) is 1.52. The standard InChI is InChI=1S/C6H10O2.ClH/c7-5-3-1-2-4-6(5)8;/h5,7H,1-4H2;1H. The molecule has 1 aliphatic carbocycles. The molecule has 0 aromatic rings. The van der Waals surface area contributed by atoms with Gasteiger partial charge in [0.15, 0.2) is 5.78 Å². The largest absolute Gasteiger partial charge is 0.385 e. The van der Waals surface area contributed by atoms with Gasteiger partial charge in [0.1, 0.15) is 6.10 Å². The molecule has 54 valence electrons. The van der Waals surface area contributed by atoms with Gasteiger partial charge in [-0.05, 0) is 19.3 Å². The highest BCUT2D eigenvalue weighted by Crippen LogP contribution is 2.13. The molecule has 0 aromatic heterocycles. The van der Waals surface area contributed by atoms with Crippen LogP contribution in [0.2, 0.25) is 0 Å². The highest BCUT2D eigenvalue weighted by Gasteiger charge is 2.18. The Kier molecular flexibility index (Phi) is 3.82. The van der Waals surface area contributed by atoms with Crippen LogP contribution in [0.3, 0.4) is 0 Å². The molecule has 1 saturated carbocycles. The molecule has 0 bridgehead atoms. The number of halogens is 1. The minimum Gasteiger partial charge on any atom is -0.385 e. The minimum atomic E-state index is -0.635. The van der Waals surface area contributed by atoms with E-state index >= 15 is 0 Å². The maximum atomic E-state index is 10.5. The quantitative estimate of drug-likeness (QED) is 0.558. The maximum Gasteiger partial charge on any atom is 0.161 e. The van der Waals surface area contributed by atoms with Gasteiger partial charge in [0, 0.05) is 6.42 Å². The summed E-state index contributed by atoms with van der Waals surface area (Å²) in [4.78, 5) is 10.5. The van der Waals surface area contributed by atoms with Gasteiger partial charge in [-0.1, -0.05) is 0 Å². The van der Waals surface area contributed by atoms with Crippen LogP contribution in [0, 0.1) is 0 Å². The first-order valence-corrected chi connectivity index (χ1v) is 3.01. The van der Waals surface area contributed by atoms with E-state index in [4.69, 9.17) is 5.11 Å². The molecule has 1 unspecified atom stereocenters. The van der Waals surface area contributed by atoms with E-state index in [0.29, 0.717) is 12.8 Å². The molecule has 1 aliphatic rings. The van der Waals surface area contributed by atoms with E-state index in [9.17, 15) is 4.79 Å². The zero-order valence-electron chi connectivity index (χ0n) is 5.17. The predicted molar refractivity (Wildman–Crippen MR) is 36.7 cm³/mol. The molecule has 0 aliphatic heterocycles. The number of ketones is 1. The van der Waals surface area contributed by atoms with Crippen molar-refractivity contribution in [2.24, 2.45) is 0 Å². The molecule has 1 rings (SSSR count). The van der Waals surface area contributed by atoms with Crippen LogP contribution >= 0.6 is 12.4 Å². The van der Waals surface area contributed by atoms with Gasteiger partial charge in [0.25, 0.3) is 0 Å². The number of aliphatic hydroxyl groups is 1. The van der Waals surface area contributed by atoms with E-state index < -0.39 is 6.10 Å². The molecule has 1 atom stereocenters. The Bertz CT molecular complexity index is 103. The number of rotatable bonds is 0. The number of hydrogen-bond donors (Lipinski definition) is 1. The van der Waals surface area contributed by atoms with E-state index in [2.05, 4.69) is 0 Å². The van der Waals surface area contributed by atoms with Gasteiger partial charge in [0.2, 0.25) is 0 Å². The summed E-state index contributed by atoms with van der Waals surface area (Å²) in [6.07, 6.45) is 2.60. The molecule has 0 radical (unpaired) electrons. The van der Waals surface area contributed by atoms with Crippen molar-refractivity contribution in [3.05, 3.63) is 0 Å². The summed E-state index contributed by atoms with van der Waals surface area (Å²) >= 11 is 0. The monoisotopic (exact) mass is 150 g/mol. The molecule has 9 heavy (non-hydrogen) atoms. The summed E-state index contributed by atoms with van der Waals surface area (Å²) < 4.78 is 0. The average Bonchev–Trinajstić information content (AvgIpc) is 1.77. The van der Waals surface area contributed by atoms with Crippen LogP contribution in [0.4, 0.5) is 0 Å². The fourth-order valence-electron chi connectivity index (χ4n) is 0.965. The summed E-state index contributed by atoms with van der Waals surface area (Å²) in [6, 6.07) is 0. The van der Waals surface area contributed by atoms with Crippen LogP contribution in [0.1, 0.15) is 25.7 Å². The predicted octanol–water partition coefficient (Wildman–Crippen LogP) is 0.912. The number of carbonyl (C=O) groups is 1. The highest BCUT2D eigenvalue weighted by molar-refractivity contribution is 5.85. The SMILES string of the molecule is Cl.O=C1CCCCC1O. The van der Waals surface area contributed by atoms with Crippen molar-refractivity contribution in [2.75, 3.05) is 0 Å². The molecule has 3 heteroatoms. The third-order valence-corrected chi connectivity index (χ3v) is 1.52. The van der Waals surface area contributed by atoms with Crippen molar-refractivity contribution in [1.82, 2.24) is 0 Å². The molecule has 0 saturated heterocycles. The molecule has 0 heterocycles. The number of aliphatic hydroxyl groups excluding tert-OH is 1. The Labute approximate surface area is 60.7 Å². The van der Waals surface area contributed by atoms with Crippen molar-refractivity contribution >= 4 is 18.2 Å². The van der Waals surface area contributed by atoms with Gasteiger partial charge in [-0.2, -0.15) is 0 Å². The Morgan fingerprint density at radius 1 is 1.44 bits per heavy atom. The Balaban J connectivity index is 0.000000640. The minimum absolute atomic E-state index is 0. The molecule has 1 fully saturated rings. The van der Waals surface area contributed by atoms with E-state index in [1.54, 1.807) is 0 Å². The molecule has 0 spiro atoms. The number of Topliss-reactive ketones (excluding diaryl/α,β-unsaturated/α-hetero) is 1. The van der Waals surface area contributed by atoms with Crippen LogP contribution in [0.5, 0.6) is 0 Å². The summed E-state index contributed by atoms with van der Waals surface area (Å²) in [6.45, 7) is 0. The van der Waals surface area contributed by atoms with Crippen molar-refractivity contribution in [3.63, 3.8) is 0 Å². The molecule has 0 amide bonds. The van der Waals surface area contributed by atoms with E-state index in [1.807, 2.05) is 0 Å². The Morgan fingerprint density at radius 2 is 2.11 bits per heavy atom. The van der Waals surface area contributed by atoms with Gasteiger partial charge in [-0.3, -0.25) is 4.79 Å². The van der Waals surface area contributed by atoms with Crippen molar-refractivity contribution in [1.29, 1.82) is 0 Å². The summed E-state index contributed by atoms with van der Waals surface area (Å²) in [5, 5.41) is 8.83. The Hall–Kier alpha value is -0.0800. The van der Waals surface area contributed by atoms with Gasteiger partial charge >= 0.3 is 0 Å². The van der Waals surface area contributed by atoms with E-state index in [-0.39, 0.29) is 18.2 Å². The third kappa shape index (κ3) is 2.33. The lowest BCUT2D eigenvalue weighted by atomic mass is 9.97. The smallest absolute Gasteiger partial charge is 0.161 e. The van der Waals surface area contributed by atoms with Crippen molar-refractivity contribution in [2.45, 2.75) is 31.8 Å². The number of hydrogen-bond acceptors (Lipinski definition) is 2. The summed E-state index contributed by atoms with van der Waals surface area (Å²) in [5.41, 5.74) is 0. The van der Waals surface area contributed by atoms with Crippen molar-refractivity contribution in [3.8, 4) is 0 Å².